The van der Waals surface area contributed by atoms with E-state index in [1.807, 2.05) is 31.1 Å². The topological polar surface area (TPSA) is 44.6 Å². The van der Waals surface area contributed by atoms with Crippen LogP contribution in [0.1, 0.15) is 158 Å². The maximum Gasteiger partial charge on any atom is 4.00 e. The Morgan fingerprint density at radius 3 is 1.33 bits per heavy atom. The first-order valence-corrected chi connectivity index (χ1v) is 16.2. The van der Waals surface area contributed by atoms with E-state index < -0.39 is 0 Å². The van der Waals surface area contributed by atoms with Crippen molar-refractivity contribution in [2.45, 2.75) is 157 Å². The summed E-state index contributed by atoms with van der Waals surface area (Å²) in [5.74, 6) is 0. The molecule has 0 aliphatic carbocycles. The first-order valence-electron chi connectivity index (χ1n) is 16.2. The molecule has 0 spiro atoms. The van der Waals surface area contributed by atoms with Crippen LogP contribution >= 0.6 is 0 Å². The minimum atomic E-state index is 0. The van der Waals surface area contributed by atoms with Gasteiger partial charge in [-0.1, -0.05) is 141 Å². The minimum absolute atomic E-state index is 0. The van der Waals surface area contributed by atoms with Crippen LogP contribution in [0.3, 0.4) is 0 Å². The van der Waals surface area contributed by atoms with Gasteiger partial charge in [-0.3, -0.25) is 4.98 Å². The molecule has 3 aromatic rings. The smallest absolute Gasteiger partial charge is 2.00 e. The number of anilines is 1. The number of hydrogen-bond acceptors (Lipinski definition) is 2. The molecule has 4 heteroatoms. The van der Waals surface area contributed by atoms with Crippen LogP contribution in [0.25, 0.3) is 0 Å². The Hall–Kier alpha value is -1.07. The standard InChI is InChI=1S/2C17H29.C7H10N2.O.Th/c2*1-15(2,3)12-10-13(16(4,5)6)14(11-12)17(7,8)9;1-9(2)7-3-5-8-6-4-7;;/h2*10-11H,1-9H3;3-6H,1-2H3;;/q2*-1;;-2;+4. The van der Waals surface area contributed by atoms with Gasteiger partial charge in [0.15, 0.2) is 0 Å². The first-order chi connectivity index (χ1) is 19.0. The number of nitrogens with zero attached hydrogens (tertiary/aromatic N) is 2. The van der Waals surface area contributed by atoms with Crippen LogP contribution in [-0.2, 0) is 38.0 Å². The van der Waals surface area contributed by atoms with Gasteiger partial charge in [0.25, 0.3) is 0 Å². The summed E-state index contributed by atoms with van der Waals surface area (Å²) in [6.07, 6.45) is 3.57. The Morgan fingerprint density at radius 2 is 1.09 bits per heavy atom. The maximum absolute atomic E-state index is 3.90. The second-order valence-electron chi connectivity index (χ2n) is 18.7. The van der Waals surface area contributed by atoms with Gasteiger partial charge in [0.2, 0.25) is 0 Å². The third-order valence-corrected chi connectivity index (χ3v) is 7.92. The zero-order valence-electron chi connectivity index (χ0n) is 32.9. The Bertz CT molecular complexity index is 1120. The molecule has 3 nitrogen and oxygen atoms in total. The van der Waals surface area contributed by atoms with Crippen molar-refractivity contribution in [1.82, 2.24) is 4.98 Å². The maximum atomic E-state index is 3.90. The van der Waals surface area contributed by atoms with E-state index in [-0.39, 0.29) is 77.9 Å². The minimum Gasteiger partial charge on any atom is -2.00 e. The molecule has 0 unspecified atom stereocenters. The van der Waals surface area contributed by atoms with Gasteiger partial charge in [-0.05, 0) is 28.4 Å². The molecule has 1 aromatic heterocycles. The summed E-state index contributed by atoms with van der Waals surface area (Å²) in [5, 5.41) is 0. The van der Waals surface area contributed by atoms with Gasteiger partial charge in [-0.2, -0.15) is 39.9 Å². The molecule has 1 heterocycles. The normalized spacial score (nSPS) is 12.5. The number of pyridine rings is 1. The summed E-state index contributed by atoms with van der Waals surface area (Å²) in [6, 6.07) is 13.6. The van der Waals surface area contributed by atoms with Gasteiger partial charge >= 0.3 is 39.9 Å². The third-order valence-electron chi connectivity index (χ3n) is 7.92. The van der Waals surface area contributed by atoms with Crippen molar-refractivity contribution in [3.8, 4) is 0 Å². The van der Waals surface area contributed by atoms with Crippen molar-refractivity contribution in [1.29, 1.82) is 0 Å². The molecule has 0 fully saturated rings. The average Bonchev–Trinajstić information content (AvgIpc) is 3.45. The van der Waals surface area contributed by atoms with Crippen LogP contribution in [0.5, 0.6) is 0 Å². The van der Waals surface area contributed by atoms with Crippen molar-refractivity contribution in [3.63, 3.8) is 0 Å². The van der Waals surface area contributed by atoms with Gasteiger partial charge in [-0.15, -0.1) is 5.56 Å². The van der Waals surface area contributed by atoms with Gasteiger partial charge in [0.1, 0.15) is 0 Å². The second kappa shape index (κ2) is 16.4. The van der Waals surface area contributed by atoms with E-state index in [1.54, 1.807) is 12.4 Å². The Labute approximate surface area is 312 Å². The van der Waals surface area contributed by atoms with E-state index >= 15 is 0 Å². The molecule has 0 amide bonds. The first kappa shape index (κ1) is 46.1. The molecule has 3 rings (SSSR count). The van der Waals surface area contributed by atoms with Crippen LogP contribution in [0, 0.1) is 39.9 Å². The van der Waals surface area contributed by atoms with Crippen molar-refractivity contribution in [2.24, 2.45) is 0 Å². The molecular weight excluding hydrogens is 769 g/mol. The van der Waals surface area contributed by atoms with Crippen LogP contribution < -0.4 is 4.90 Å². The van der Waals surface area contributed by atoms with Gasteiger partial charge in [0.05, 0.1) is 0 Å². The van der Waals surface area contributed by atoms with E-state index in [9.17, 15) is 0 Å². The summed E-state index contributed by atoms with van der Waals surface area (Å²) in [4.78, 5) is 5.94. The second-order valence-corrected chi connectivity index (χ2v) is 18.7. The monoisotopic (exact) mass is 837 g/mol. The number of rotatable bonds is 1. The van der Waals surface area contributed by atoms with Crippen LogP contribution in [0.15, 0.2) is 48.8 Å². The molecule has 0 saturated carbocycles. The summed E-state index contributed by atoms with van der Waals surface area (Å²) < 4.78 is 0. The molecular formula is C41H68N2OTh. The fourth-order valence-electron chi connectivity index (χ4n) is 5.01. The van der Waals surface area contributed by atoms with E-state index in [0.29, 0.717) is 0 Å². The predicted molar refractivity (Wildman–Crippen MR) is 196 cm³/mol. The fourth-order valence-corrected chi connectivity index (χ4v) is 5.01. The molecule has 0 atom stereocenters. The van der Waals surface area contributed by atoms with Gasteiger partial charge in [-0.25, -0.2) is 12.1 Å². The molecule has 252 valence electrons. The predicted octanol–water partition coefficient (Wildman–Crippen LogP) is 11.6. The zero-order valence-corrected chi connectivity index (χ0v) is 37.0. The summed E-state index contributed by atoms with van der Waals surface area (Å²) in [5.41, 5.74) is 11.5. The van der Waals surface area contributed by atoms with Gasteiger partial charge < -0.3 is 10.4 Å². The Balaban J connectivity index is 0. The molecule has 0 N–H and O–H groups in total. The zero-order chi connectivity index (χ0) is 34.0. The van der Waals surface area contributed by atoms with E-state index in [0.717, 1.165) is 0 Å². The number of aromatic nitrogens is 1. The molecule has 0 aliphatic heterocycles. The van der Waals surface area contributed by atoms with Crippen LogP contribution in [-0.4, -0.2) is 19.1 Å². The third kappa shape index (κ3) is 14.3. The molecule has 0 bridgehead atoms. The van der Waals surface area contributed by atoms with Crippen molar-refractivity contribution in [3.05, 3.63) is 82.2 Å². The SMILES string of the molecule is CC(C)(C)c1cc(C(C)(C)C)[c-](C(C)(C)C)c1.CC(C)(C)c1cc(C(C)(C)C)c(C(C)(C)C)[cH-]1.CN(C)c1ccncc1.[O-2].[Th+4]. The number of hydrogen-bond donors (Lipinski definition) is 0. The molecule has 45 heavy (non-hydrogen) atoms. The quantitative estimate of drug-likeness (QED) is 0.229. The summed E-state index contributed by atoms with van der Waals surface area (Å²) in [6.45, 7) is 41.5. The largest absolute Gasteiger partial charge is 4.00 e. The molecule has 2 aromatic carbocycles. The molecule has 0 radical (unpaired) electrons. The van der Waals surface area contributed by atoms with Crippen molar-refractivity contribution < 1.29 is 45.4 Å². The molecule has 0 saturated heterocycles. The Kier molecular flexibility index (Phi) is 16.7. The van der Waals surface area contributed by atoms with E-state index in [2.05, 4.69) is 154 Å². The Morgan fingerprint density at radius 1 is 0.622 bits per heavy atom. The molecule has 0 aliphatic rings. The van der Waals surface area contributed by atoms with Crippen LogP contribution in [0.4, 0.5) is 5.69 Å². The van der Waals surface area contributed by atoms with Gasteiger partial charge in [0, 0.05) is 32.2 Å². The van der Waals surface area contributed by atoms with E-state index in [4.69, 9.17) is 0 Å². The van der Waals surface area contributed by atoms with E-state index in [1.165, 1.54) is 39.1 Å². The van der Waals surface area contributed by atoms with Crippen molar-refractivity contribution >= 4 is 5.69 Å². The average molecular weight is 837 g/mol. The summed E-state index contributed by atoms with van der Waals surface area (Å²) in [7, 11) is 4.02. The van der Waals surface area contributed by atoms with Crippen LogP contribution in [0.2, 0.25) is 0 Å². The fraction of sp³-hybridized carbons (Fsp3) is 0.634. The van der Waals surface area contributed by atoms with Crippen molar-refractivity contribution in [2.75, 3.05) is 19.0 Å². The summed E-state index contributed by atoms with van der Waals surface area (Å²) >= 11 is 0.